The lowest BCUT2D eigenvalue weighted by atomic mass is 10.2. The van der Waals surface area contributed by atoms with Crippen molar-refractivity contribution >= 4 is 33.5 Å². The predicted molar refractivity (Wildman–Crippen MR) is 127 cm³/mol. The normalized spacial score (nSPS) is 14.9. The van der Waals surface area contributed by atoms with Crippen LogP contribution in [0.5, 0.6) is 0 Å². The highest BCUT2D eigenvalue weighted by Gasteiger charge is 2.32. The van der Waals surface area contributed by atoms with Crippen molar-refractivity contribution < 1.29 is 8.42 Å². The van der Waals surface area contributed by atoms with Crippen LogP contribution in [0.4, 0.5) is 0 Å². The number of sulfonamides is 1. The molecule has 1 aliphatic heterocycles. The first-order valence-electron chi connectivity index (χ1n) is 9.73. The summed E-state index contributed by atoms with van der Waals surface area (Å²) in [6.45, 7) is 0.920. The van der Waals surface area contributed by atoms with Crippen LogP contribution in [0.25, 0.3) is 0 Å². The first-order chi connectivity index (χ1) is 14.6. The van der Waals surface area contributed by atoms with Crippen LogP contribution in [-0.4, -0.2) is 37.3 Å². The van der Waals surface area contributed by atoms with Gasteiger partial charge in [-0.25, -0.2) is 8.42 Å². The highest BCUT2D eigenvalue weighted by atomic mass is 32.2. The smallest absolute Gasteiger partial charge is 0.207 e. The van der Waals surface area contributed by atoms with Crippen molar-refractivity contribution in [2.75, 3.05) is 24.6 Å². The fourth-order valence-electron chi connectivity index (χ4n) is 3.29. The van der Waals surface area contributed by atoms with E-state index in [9.17, 15) is 8.42 Å². The van der Waals surface area contributed by atoms with Crippen LogP contribution < -0.4 is 0 Å². The van der Waals surface area contributed by atoms with Crippen molar-refractivity contribution in [2.45, 2.75) is 14.7 Å². The van der Waals surface area contributed by atoms with Crippen LogP contribution in [-0.2, 0) is 10.0 Å². The quantitative estimate of drug-likeness (QED) is 0.330. The van der Waals surface area contributed by atoms with Crippen LogP contribution in [0.2, 0.25) is 0 Å². The Kier molecular flexibility index (Phi) is 7.00. The number of rotatable bonds is 8. The summed E-state index contributed by atoms with van der Waals surface area (Å²) >= 11 is 3.53. The summed E-state index contributed by atoms with van der Waals surface area (Å²) in [6.07, 6.45) is 0. The van der Waals surface area contributed by atoms with Crippen LogP contribution in [0.1, 0.15) is 0 Å². The van der Waals surface area contributed by atoms with Gasteiger partial charge in [0.1, 0.15) is 0 Å². The fraction of sp³-hybridized carbons (Fsp3) is 0.167. The molecule has 0 unspecified atom stereocenters. The number of nitrogens with zero attached hydrogens (tertiary/aromatic N) is 1. The molecule has 0 atom stereocenters. The maximum atomic E-state index is 13.2. The Labute approximate surface area is 187 Å². The molecule has 0 radical (unpaired) electrons. The minimum atomic E-state index is -3.50. The second kappa shape index (κ2) is 9.88. The molecule has 30 heavy (non-hydrogen) atoms. The molecule has 6 heteroatoms. The molecular formula is C24H23NO2S3. The second-order valence-corrected chi connectivity index (χ2v) is 11.0. The molecule has 3 nitrogen and oxygen atoms in total. The number of hydrogen-bond donors (Lipinski definition) is 0. The Bertz CT molecular complexity index is 1040. The molecule has 0 N–H and O–H groups in total. The summed E-state index contributed by atoms with van der Waals surface area (Å²) in [5, 5.41) is 0. The molecule has 1 heterocycles. The zero-order valence-electron chi connectivity index (χ0n) is 16.5. The van der Waals surface area contributed by atoms with E-state index in [1.54, 1.807) is 52.1 Å². The van der Waals surface area contributed by atoms with Gasteiger partial charge in [0.25, 0.3) is 0 Å². The summed E-state index contributed by atoms with van der Waals surface area (Å²) < 4.78 is 27.9. The molecule has 0 saturated heterocycles. The van der Waals surface area contributed by atoms with E-state index in [1.807, 2.05) is 42.5 Å². The molecule has 0 fully saturated rings. The lowest BCUT2D eigenvalue weighted by molar-refractivity contribution is 0.481. The minimum Gasteiger partial charge on any atom is -0.207 e. The molecule has 0 saturated carbocycles. The standard InChI is InChI=1S/C24H23NO2S3/c26-30(27,24-14-8-3-9-15-24)25-16-20(18-28-22-10-4-1-5-11-22)21(17-25)19-29-23-12-6-2-7-13-23/h1-15H,16-19H2. The topological polar surface area (TPSA) is 37.4 Å². The van der Waals surface area contributed by atoms with Gasteiger partial charge in [0, 0.05) is 34.4 Å². The third-order valence-electron chi connectivity index (χ3n) is 4.93. The lowest BCUT2D eigenvalue weighted by Crippen LogP contribution is -2.30. The van der Waals surface area contributed by atoms with E-state index < -0.39 is 10.0 Å². The van der Waals surface area contributed by atoms with Gasteiger partial charge >= 0.3 is 0 Å². The van der Waals surface area contributed by atoms with Crippen molar-refractivity contribution in [3.63, 3.8) is 0 Å². The second-order valence-electron chi connectivity index (χ2n) is 7.00. The Hall–Kier alpha value is -1.99. The first-order valence-corrected chi connectivity index (χ1v) is 13.1. The Morgan fingerprint density at radius 3 is 1.47 bits per heavy atom. The summed E-state index contributed by atoms with van der Waals surface area (Å²) in [6, 6.07) is 29.2. The van der Waals surface area contributed by atoms with Crippen LogP contribution >= 0.6 is 23.5 Å². The lowest BCUT2D eigenvalue weighted by Gasteiger charge is -2.17. The Morgan fingerprint density at radius 1 is 0.633 bits per heavy atom. The summed E-state index contributed by atoms with van der Waals surface area (Å²) in [5.74, 6) is 1.60. The van der Waals surface area contributed by atoms with Gasteiger partial charge in [-0.1, -0.05) is 54.6 Å². The van der Waals surface area contributed by atoms with Gasteiger partial charge < -0.3 is 0 Å². The van der Waals surface area contributed by atoms with Crippen LogP contribution in [0.3, 0.4) is 0 Å². The van der Waals surface area contributed by atoms with Crippen molar-refractivity contribution in [3.05, 3.63) is 102 Å². The molecule has 0 amide bonds. The molecular weight excluding hydrogens is 430 g/mol. The Morgan fingerprint density at radius 2 is 1.03 bits per heavy atom. The van der Waals surface area contributed by atoms with Crippen LogP contribution in [0.15, 0.2) is 117 Å². The van der Waals surface area contributed by atoms with E-state index >= 15 is 0 Å². The van der Waals surface area contributed by atoms with Gasteiger partial charge in [0.05, 0.1) is 4.90 Å². The van der Waals surface area contributed by atoms with E-state index in [0.717, 1.165) is 11.5 Å². The van der Waals surface area contributed by atoms with Crippen molar-refractivity contribution in [2.24, 2.45) is 0 Å². The third-order valence-corrected chi connectivity index (χ3v) is 8.93. The van der Waals surface area contributed by atoms with E-state index in [0.29, 0.717) is 18.0 Å². The largest absolute Gasteiger partial charge is 0.243 e. The van der Waals surface area contributed by atoms with E-state index in [1.165, 1.54) is 20.9 Å². The molecule has 0 spiro atoms. The Balaban J connectivity index is 1.52. The number of hydrogen-bond acceptors (Lipinski definition) is 4. The number of benzene rings is 3. The highest BCUT2D eigenvalue weighted by molar-refractivity contribution is 7.99. The SMILES string of the molecule is O=S(=O)(c1ccccc1)N1CC(CSc2ccccc2)=C(CSc2ccccc2)C1. The minimum absolute atomic E-state index is 0.358. The average Bonchev–Trinajstić information content (AvgIpc) is 3.22. The summed E-state index contributed by atoms with van der Waals surface area (Å²) in [7, 11) is -3.50. The van der Waals surface area contributed by atoms with Gasteiger partial charge in [-0.15, -0.1) is 23.5 Å². The monoisotopic (exact) mass is 453 g/mol. The molecule has 3 aromatic carbocycles. The number of thioether (sulfide) groups is 2. The van der Waals surface area contributed by atoms with Crippen LogP contribution in [0, 0.1) is 0 Å². The van der Waals surface area contributed by atoms with E-state index in [4.69, 9.17) is 0 Å². The van der Waals surface area contributed by atoms with Crippen molar-refractivity contribution in [1.29, 1.82) is 0 Å². The van der Waals surface area contributed by atoms with Gasteiger partial charge in [-0.2, -0.15) is 4.31 Å². The molecule has 0 aromatic heterocycles. The molecule has 154 valence electrons. The third kappa shape index (κ3) is 5.19. The molecule has 4 rings (SSSR count). The van der Waals surface area contributed by atoms with E-state index in [-0.39, 0.29) is 0 Å². The maximum Gasteiger partial charge on any atom is 0.243 e. The average molecular weight is 454 g/mol. The molecule has 3 aromatic rings. The zero-order valence-corrected chi connectivity index (χ0v) is 18.9. The van der Waals surface area contributed by atoms with E-state index in [2.05, 4.69) is 24.3 Å². The maximum absolute atomic E-state index is 13.2. The zero-order chi connectivity index (χ0) is 20.8. The molecule has 0 aliphatic carbocycles. The first kappa shape index (κ1) is 21.2. The summed E-state index contributed by atoms with van der Waals surface area (Å²) in [4.78, 5) is 2.76. The van der Waals surface area contributed by atoms with Gasteiger partial charge in [-0.3, -0.25) is 0 Å². The molecule has 0 bridgehead atoms. The fourth-order valence-corrected chi connectivity index (χ4v) is 6.71. The highest BCUT2D eigenvalue weighted by Crippen LogP contribution is 2.32. The van der Waals surface area contributed by atoms with Crippen molar-refractivity contribution in [1.82, 2.24) is 4.31 Å². The predicted octanol–water partition coefficient (Wildman–Crippen LogP) is 5.57. The van der Waals surface area contributed by atoms with Gasteiger partial charge in [0.2, 0.25) is 10.0 Å². The van der Waals surface area contributed by atoms with Gasteiger partial charge in [-0.05, 0) is 47.5 Å². The summed E-state index contributed by atoms with van der Waals surface area (Å²) in [5.41, 5.74) is 2.43. The van der Waals surface area contributed by atoms with Gasteiger partial charge in [0.15, 0.2) is 0 Å². The van der Waals surface area contributed by atoms with Crippen molar-refractivity contribution in [3.8, 4) is 0 Å². The molecule has 1 aliphatic rings.